The second kappa shape index (κ2) is 9.50. The van der Waals surface area contributed by atoms with Crippen molar-refractivity contribution < 1.29 is 17.6 Å². The molecular weight excluding hydrogens is 391 g/mol. The van der Waals surface area contributed by atoms with Crippen LogP contribution in [-0.4, -0.2) is 38.3 Å². The largest absolute Gasteiger partial charge is 0.352 e. The van der Waals surface area contributed by atoms with Crippen molar-refractivity contribution in [2.75, 3.05) is 19.6 Å². The van der Waals surface area contributed by atoms with Crippen molar-refractivity contribution in [3.8, 4) is 0 Å². The lowest BCUT2D eigenvalue weighted by Crippen LogP contribution is -2.32. The van der Waals surface area contributed by atoms with Gasteiger partial charge in [0.05, 0.1) is 4.90 Å². The number of sulfonamides is 1. The number of benzene rings is 2. The van der Waals surface area contributed by atoms with Gasteiger partial charge < -0.3 is 5.32 Å². The third kappa shape index (κ3) is 5.42. The first kappa shape index (κ1) is 21.5. The Hall–Kier alpha value is -2.25. The van der Waals surface area contributed by atoms with Gasteiger partial charge in [-0.25, -0.2) is 12.8 Å². The molecular formula is C22H27FN2O3S. The molecule has 0 bridgehead atoms. The molecule has 0 radical (unpaired) electrons. The fourth-order valence-electron chi connectivity index (χ4n) is 3.50. The predicted octanol–water partition coefficient (Wildman–Crippen LogP) is 3.67. The summed E-state index contributed by atoms with van der Waals surface area (Å²) < 4.78 is 40.5. The van der Waals surface area contributed by atoms with Gasteiger partial charge in [0, 0.05) is 25.2 Å². The predicted molar refractivity (Wildman–Crippen MR) is 111 cm³/mol. The van der Waals surface area contributed by atoms with Crippen LogP contribution in [0, 0.1) is 12.7 Å². The summed E-state index contributed by atoms with van der Waals surface area (Å²) in [5.74, 6) is -0.603. The first-order valence-electron chi connectivity index (χ1n) is 10.0. The highest BCUT2D eigenvalue weighted by atomic mass is 32.2. The molecule has 1 saturated heterocycles. The summed E-state index contributed by atoms with van der Waals surface area (Å²) in [7, 11) is -3.61. The Morgan fingerprint density at radius 1 is 1.03 bits per heavy atom. The lowest BCUT2D eigenvalue weighted by molar-refractivity contribution is 0.0953. The highest BCUT2D eigenvalue weighted by Gasteiger charge is 2.26. The minimum atomic E-state index is -3.61. The summed E-state index contributed by atoms with van der Waals surface area (Å²) in [4.78, 5) is 12.8. The average Bonchev–Trinajstić information content (AvgIpc) is 3.00. The summed E-state index contributed by atoms with van der Waals surface area (Å²) in [6.45, 7) is 3.22. The molecule has 1 fully saturated rings. The molecule has 7 heteroatoms. The van der Waals surface area contributed by atoms with E-state index < -0.39 is 10.0 Å². The number of hydrogen-bond donors (Lipinski definition) is 1. The molecule has 0 atom stereocenters. The van der Waals surface area contributed by atoms with Crippen LogP contribution in [0.15, 0.2) is 47.4 Å². The Balaban J connectivity index is 1.70. The minimum absolute atomic E-state index is 0.161. The number of aryl methyl sites for hydroxylation is 1. The van der Waals surface area contributed by atoms with Crippen molar-refractivity contribution in [3.63, 3.8) is 0 Å². The zero-order valence-corrected chi connectivity index (χ0v) is 17.5. The van der Waals surface area contributed by atoms with Gasteiger partial charge in [0.2, 0.25) is 10.0 Å². The smallest absolute Gasteiger partial charge is 0.251 e. The third-order valence-electron chi connectivity index (χ3n) is 5.27. The number of halogens is 1. The first-order valence-corrected chi connectivity index (χ1v) is 11.5. The van der Waals surface area contributed by atoms with Crippen molar-refractivity contribution in [1.29, 1.82) is 0 Å². The number of carbonyl (C=O) groups excluding carboxylic acids is 1. The van der Waals surface area contributed by atoms with Gasteiger partial charge in [0.1, 0.15) is 5.82 Å². The molecule has 2 aromatic carbocycles. The first-order chi connectivity index (χ1) is 13.9. The lowest BCUT2D eigenvalue weighted by atomic mass is 10.1. The molecule has 1 aliphatic rings. The van der Waals surface area contributed by atoms with Gasteiger partial charge in [-0.15, -0.1) is 0 Å². The molecule has 2 aromatic rings. The van der Waals surface area contributed by atoms with E-state index in [4.69, 9.17) is 0 Å². The number of carbonyl (C=O) groups is 1. The van der Waals surface area contributed by atoms with E-state index >= 15 is 0 Å². The summed E-state index contributed by atoms with van der Waals surface area (Å²) in [5.41, 5.74) is 2.00. The molecule has 0 aliphatic carbocycles. The highest BCUT2D eigenvalue weighted by Crippen LogP contribution is 2.22. The van der Waals surface area contributed by atoms with Gasteiger partial charge >= 0.3 is 0 Å². The van der Waals surface area contributed by atoms with Gasteiger partial charge in [0.15, 0.2) is 0 Å². The maximum absolute atomic E-state index is 13.0. The number of nitrogens with one attached hydrogen (secondary N) is 1. The summed E-state index contributed by atoms with van der Waals surface area (Å²) in [5, 5.41) is 2.83. The summed E-state index contributed by atoms with van der Waals surface area (Å²) in [6.07, 6.45) is 4.38. The van der Waals surface area contributed by atoms with Crippen molar-refractivity contribution in [3.05, 3.63) is 65.0 Å². The number of hydrogen-bond acceptors (Lipinski definition) is 3. The van der Waals surface area contributed by atoms with Crippen LogP contribution < -0.4 is 5.32 Å². The lowest BCUT2D eigenvalue weighted by Gasteiger charge is -2.20. The molecule has 156 valence electrons. The number of rotatable bonds is 6. The number of amides is 1. The van der Waals surface area contributed by atoms with E-state index in [1.54, 1.807) is 31.2 Å². The molecule has 3 rings (SSSR count). The third-order valence-corrected chi connectivity index (χ3v) is 7.16. The molecule has 1 heterocycles. The summed E-state index contributed by atoms with van der Waals surface area (Å²) in [6, 6.07) is 10.9. The Labute approximate surface area is 172 Å². The fraction of sp³-hybridized carbons (Fsp3) is 0.409. The van der Waals surface area contributed by atoms with Gasteiger partial charge in [-0.1, -0.05) is 31.0 Å². The Morgan fingerprint density at radius 3 is 2.34 bits per heavy atom. The molecule has 0 spiro atoms. The van der Waals surface area contributed by atoms with Crippen LogP contribution in [0.5, 0.6) is 0 Å². The van der Waals surface area contributed by atoms with E-state index in [1.807, 2.05) is 0 Å². The standard InChI is InChI=1S/C22H27FN2O3S/c1-17-6-11-20(29(27,28)25-14-4-2-3-5-15-25)16-21(17)22(26)24-13-12-18-7-9-19(23)10-8-18/h6-11,16H,2-5,12-15H2,1H3,(H,24,26). The Kier molecular flexibility index (Phi) is 7.03. The van der Waals surface area contributed by atoms with Gasteiger partial charge in [-0.2, -0.15) is 4.31 Å². The van der Waals surface area contributed by atoms with Crippen LogP contribution in [0.25, 0.3) is 0 Å². The molecule has 0 saturated carbocycles. The van der Waals surface area contributed by atoms with E-state index in [0.29, 0.717) is 31.6 Å². The van der Waals surface area contributed by atoms with Gasteiger partial charge in [0.25, 0.3) is 5.91 Å². The molecule has 0 aromatic heterocycles. The fourth-order valence-corrected chi connectivity index (χ4v) is 5.05. The molecule has 5 nitrogen and oxygen atoms in total. The maximum atomic E-state index is 13.0. The molecule has 29 heavy (non-hydrogen) atoms. The average molecular weight is 419 g/mol. The van der Waals surface area contributed by atoms with E-state index in [1.165, 1.54) is 22.5 Å². The second-order valence-electron chi connectivity index (χ2n) is 7.43. The van der Waals surface area contributed by atoms with Crippen molar-refractivity contribution in [2.45, 2.75) is 43.9 Å². The highest BCUT2D eigenvalue weighted by molar-refractivity contribution is 7.89. The van der Waals surface area contributed by atoms with Crippen LogP contribution in [-0.2, 0) is 16.4 Å². The van der Waals surface area contributed by atoms with Crippen LogP contribution in [0.4, 0.5) is 4.39 Å². The van der Waals surface area contributed by atoms with Gasteiger partial charge in [-0.3, -0.25) is 4.79 Å². The normalized spacial score (nSPS) is 15.7. The van der Waals surface area contributed by atoms with E-state index in [2.05, 4.69) is 5.32 Å². The van der Waals surface area contributed by atoms with E-state index in [-0.39, 0.29) is 16.6 Å². The number of nitrogens with zero attached hydrogens (tertiary/aromatic N) is 1. The topological polar surface area (TPSA) is 66.5 Å². The summed E-state index contributed by atoms with van der Waals surface area (Å²) >= 11 is 0. The molecule has 0 unspecified atom stereocenters. The molecule has 1 amide bonds. The maximum Gasteiger partial charge on any atom is 0.251 e. The SMILES string of the molecule is Cc1ccc(S(=O)(=O)N2CCCCCC2)cc1C(=O)NCCc1ccc(F)cc1. The monoisotopic (exact) mass is 418 g/mol. The zero-order valence-electron chi connectivity index (χ0n) is 16.7. The molecule has 1 aliphatic heterocycles. The van der Waals surface area contributed by atoms with Crippen LogP contribution in [0.1, 0.15) is 47.2 Å². The zero-order chi connectivity index (χ0) is 20.9. The van der Waals surface area contributed by atoms with E-state index in [9.17, 15) is 17.6 Å². The van der Waals surface area contributed by atoms with Gasteiger partial charge in [-0.05, 0) is 61.6 Å². The second-order valence-corrected chi connectivity index (χ2v) is 9.37. The molecule has 1 N–H and O–H groups in total. The van der Waals surface area contributed by atoms with Crippen LogP contribution in [0.2, 0.25) is 0 Å². The quantitative estimate of drug-likeness (QED) is 0.778. The Morgan fingerprint density at radius 2 is 1.69 bits per heavy atom. The van der Waals surface area contributed by atoms with Crippen molar-refractivity contribution in [2.24, 2.45) is 0 Å². The van der Waals surface area contributed by atoms with Crippen molar-refractivity contribution in [1.82, 2.24) is 9.62 Å². The Bertz CT molecular complexity index is 951. The van der Waals surface area contributed by atoms with Crippen molar-refractivity contribution >= 4 is 15.9 Å². The van der Waals surface area contributed by atoms with E-state index in [0.717, 1.165) is 36.8 Å². The van der Waals surface area contributed by atoms with Crippen LogP contribution >= 0.6 is 0 Å². The minimum Gasteiger partial charge on any atom is -0.352 e. The van der Waals surface area contributed by atoms with Crippen LogP contribution in [0.3, 0.4) is 0 Å².